The van der Waals surface area contributed by atoms with Gasteiger partial charge in [0.15, 0.2) is 5.78 Å². The zero-order valence-corrected chi connectivity index (χ0v) is 11.6. The van der Waals surface area contributed by atoms with E-state index in [1.54, 1.807) is 6.08 Å². The average Bonchev–Trinajstić information content (AvgIpc) is 2.39. The summed E-state index contributed by atoms with van der Waals surface area (Å²) in [6.07, 6.45) is 1.72. The van der Waals surface area contributed by atoms with Gasteiger partial charge in [-0.2, -0.15) is 0 Å². The van der Waals surface area contributed by atoms with Gasteiger partial charge in [0.05, 0.1) is 0 Å². The van der Waals surface area contributed by atoms with Crippen LogP contribution in [0.1, 0.15) is 34.0 Å². The quantitative estimate of drug-likeness (QED) is 0.575. The number of aryl methyl sites for hydroxylation is 2. The molecule has 0 amide bonds. The second kappa shape index (κ2) is 5.66. The Kier molecular flexibility index (Phi) is 3.96. The van der Waals surface area contributed by atoms with Crippen molar-refractivity contribution in [3.05, 3.63) is 76.9 Å². The number of ketones is 1. The largest absolute Gasteiger partial charge is 0.289 e. The van der Waals surface area contributed by atoms with Crippen LogP contribution in [0.25, 0.3) is 5.57 Å². The zero-order valence-electron chi connectivity index (χ0n) is 11.6. The van der Waals surface area contributed by atoms with Crippen molar-refractivity contribution in [3.63, 3.8) is 0 Å². The van der Waals surface area contributed by atoms with E-state index in [0.29, 0.717) is 0 Å². The van der Waals surface area contributed by atoms with Crippen molar-refractivity contribution in [3.8, 4) is 0 Å². The van der Waals surface area contributed by atoms with E-state index in [9.17, 15) is 4.79 Å². The molecular formula is C18H18O. The van der Waals surface area contributed by atoms with Crippen molar-refractivity contribution in [1.82, 2.24) is 0 Å². The second-order valence-electron chi connectivity index (χ2n) is 4.87. The predicted octanol–water partition coefficient (Wildman–Crippen LogP) is 4.59. The smallest absolute Gasteiger partial charge is 0.186 e. The van der Waals surface area contributed by atoms with Crippen LogP contribution in [0.15, 0.2) is 54.6 Å². The lowest BCUT2D eigenvalue weighted by Gasteiger charge is -2.05. The van der Waals surface area contributed by atoms with Gasteiger partial charge in [0.1, 0.15) is 0 Å². The first-order valence-corrected chi connectivity index (χ1v) is 6.43. The summed E-state index contributed by atoms with van der Waals surface area (Å²) < 4.78 is 0. The number of rotatable bonds is 3. The van der Waals surface area contributed by atoms with Crippen LogP contribution in [0.4, 0.5) is 0 Å². The lowest BCUT2D eigenvalue weighted by Crippen LogP contribution is -1.96. The number of hydrogen-bond donors (Lipinski definition) is 0. The molecule has 0 saturated carbocycles. The highest BCUT2D eigenvalue weighted by Gasteiger charge is 2.05. The van der Waals surface area contributed by atoms with Gasteiger partial charge in [0.2, 0.25) is 0 Å². The molecule has 0 heterocycles. The molecule has 96 valence electrons. The lowest BCUT2D eigenvalue weighted by molar-refractivity contribution is 0.104. The summed E-state index contributed by atoms with van der Waals surface area (Å²) >= 11 is 0. The molecule has 0 aliphatic heterocycles. The summed E-state index contributed by atoms with van der Waals surface area (Å²) in [7, 11) is 0. The fourth-order valence-electron chi connectivity index (χ4n) is 2.09. The molecule has 2 aromatic carbocycles. The first-order valence-electron chi connectivity index (χ1n) is 6.43. The second-order valence-corrected chi connectivity index (χ2v) is 4.87. The Bertz CT molecular complexity index is 618. The van der Waals surface area contributed by atoms with Crippen LogP contribution in [0.2, 0.25) is 0 Å². The molecule has 0 fully saturated rings. The summed E-state index contributed by atoms with van der Waals surface area (Å²) in [6.45, 7) is 6.06. The van der Waals surface area contributed by atoms with Crippen LogP contribution in [0.3, 0.4) is 0 Å². The van der Waals surface area contributed by atoms with Gasteiger partial charge >= 0.3 is 0 Å². The summed E-state index contributed by atoms with van der Waals surface area (Å²) in [4.78, 5) is 12.2. The molecule has 0 bridgehead atoms. The highest BCUT2D eigenvalue weighted by atomic mass is 16.1. The summed E-state index contributed by atoms with van der Waals surface area (Å²) in [6, 6.07) is 15.8. The Balaban J connectivity index is 2.28. The van der Waals surface area contributed by atoms with Crippen molar-refractivity contribution in [1.29, 1.82) is 0 Å². The lowest BCUT2D eigenvalue weighted by atomic mass is 9.99. The Morgan fingerprint density at radius 3 is 2.21 bits per heavy atom. The third-order valence-electron chi connectivity index (χ3n) is 3.25. The Labute approximate surface area is 114 Å². The molecular weight excluding hydrogens is 232 g/mol. The molecule has 1 nitrogen and oxygen atoms in total. The minimum atomic E-state index is 0.0563. The number of carbonyl (C=O) groups is 1. The van der Waals surface area contributed by atoms with Crippen molar-refractivity contribution >= 4 is 11.4 Å². The molecule has 2 aromatic rings. The Morgan fingerprint density at radius 1 is 0.947 bits per heavy atom. The highest BCUT2D eigenvalue weighted by Crippen LogP contribution is 2.18. The van der Waals surface area contributed by atoms with E-state index in [2.05, 4.69) is 13.0 Å². The van der Waals surface area contributed by atoms with Gasteiger partial charge in [0, 0.05) is 5.56 Å². The molecule has 0 atom stereocenters. The van der Waals surface area contributed by atoms with Crippen LogP contribution in [-0.2, 0) is 0 Å². The zero-order chi connectivity index (χ0) is 13.8. The number of allylic oxidation sites excluding steroid dienone is 2. The van der Waals surface area contributed by atoms with Gasteiger partial charge in [-0.1, -0.05) is 54.1 Å². The van der Waals surface area contributed by atoms with E-state index in [1.165, 1.54) is 5.56 Å². The molecule has 0 spiro atoms. The first kappa shape index (κ1) is 13.3. The maximum Gasteiger partial charge on any atom is 0.186 e. The molecule has 0 aliphatic carbocycles. The van der Waals surface area contributed by atoms with Crippen LogP contribution in [0.5, 0.6) is 0 Å². The van der Waals surface area contributed by atoms with Crippen LogP contribution in [-0.4, -0.2) is 5.78 Å². The molecule has 0 unspecified atom stereocenters. The summed E-state index contributed by atoms with van der Waals surface area (Å²) in [5.74, 6) is 0.0563. The van der Waals surface area contributed by atoms with Gasteiger partial charge < -0.3 is 0 Å². The van der Waals surface area contributed by atoms with Crippen molar-refractivity contribution in [2.75, 3.05) is 0 Å². The fraction of sp³-hybridized carbons (Fsp3) is 0.167. The molecule has 19 heavy (non-hydrogen) atoms. The third kappa shape index (κ3) is 3.19. The van der Waals surface area contributed by atoms with E-state index >= 15 is 0 Å². The Hall–Kier alpha value is -2.15. The minimum absolute atomic E-state index is 0.0563. The molecule has 2 rings (SSSR count). The van der Waals surface area contributed by atoms with Gasteiger partial charge in [-0.05, 0) is 43.5 Å². The minimum Gasteiger partial charge on any atom is -0.289 e. The topological polar surface area (TPSA) is 17.1 Å². The highest BCUT2D eigenvalue weighted by molar-refractivity contribution is 6.08. The number of benzene rings is 2. The molecule has 0 aliphatic rings. The molecule has 0 saturated heterocycles. The SMILES string of the molecule is C/C(=C\C(=O)c1ccc(C)cc1)c1ccccc1C. The molecule has 0 N–H and O–H groups in total. The molecule has 0 radical (unpaired) electrons. The van der Waals surface area contributed by atoms with E-state index in [1.807, 2.05) is 56.3 Å². The predicted molar refractivity (Wildman–Crippen MR) is 80.3 cm³/mol. The standard InChI is InChI=1S/C18H18O/c1-13-8-10-16(11-9-13)18(19)12-15(3)17-7-5-4-6-14(17)2/h4-12H,1-3H3/b15-12+. The monoisotopic (exact) mass is 250 g/mol. The fourth-order valence-corrected chi connectivity index (χ4v) is 2.09. The van der Waals surface area contributed by atoms with E-state index in [-0.39, 0.29) is 5.78 Å². The van der Waals surface area contributed by atoms with Crippen LogP contribution < -0.4 is 0 Å². The maximum atomic E-state index is 12.2. The third-order valence-corrected chi connectivity index (χ3v) is 3.25. The van der Waals surface area contributed by atoms with Crippen molar-refractivity contribution in [2.45, 2.75) is 20.8 Å². The van der Waals surface area contributed by atoms with E-state index in [4.69, 9.17) is 0 Å². The first-order chi connectivity index (χ1) is 9.08. The maximum absolute atomic E-state index is 12.2. The normalized spacial score (nSPS) is 11.4. The van der Waals surface area contributed by atoms with Crippen LogP contribution in [0, 0.1) is 13.8 Å². The summed E-state index contributed by atoms with van der Waals surface area (Å²) in [5.41, 5.74) is 5.22. The van der Waals surface area contributed by atoms with Gasteiger partial charge in [0.25, 0.3) is 0 Å². The van der Waals surface area contributed by atoms with Gasteiger partial charge in [-0.3, -0.25) is 4.79 Å². The van der Waals surface area contributed by atoms with Gasteiger partial charge in [-0.15, -0.1) is 0 Å². The number of hydrogen-bond acceptors (Lipinski definition) is 1. The average molecular weight is 250 g/mol. The van der Waals surface area contributed by atoms with E-state index < -0.39 is 0 Å². The van der Waals surface area contributed by atoms with Crippen LogP contribution >= 0.6 is 0 Å². The van der Waals surface area contributed by atoms with Gasteiger partial charge in [-0.25, -0.2) is 0 Å². The number of carbonyl (C=O) groups excluding carboxylic acids is 1. The summed E-state index contributed by atoms with van der Waals surface area (Å²) in [5, 5.41) is 0. The van der Waals surface area contributed by atoms with Crippen molar-refractivity contribution < 1.29 is 4.79 Å². The van der Waals surface area contributed by atoms with Crippen molar-refractivity contribution in [2.24, 2.45) is 0 Å². The van der Waals surface area contributed by atoms with E-state index in [0.717, 1.165) is 22.3 Å². The molecule has 1 heteroatoms. The molecule has 0 aromatic heterocycles. The Morgan fingerprint density at radius 2 is 1.58 bits per heavy atom.